The molecule has 0 aromatic heterocycles. The molecule has 0 unspecified atom stereocenters. The molecule has 0 saturated carbocycles. The minimum atomic E-state index is -0.0726. The molecule has 2 aliphatic heterocycles. The van der Waals surface area contributed by atoms with E-state index in [1.54, 1.807) is 24.3 Å². The van der Waals surface area contributed by atoms with Gasteiger partial charge >= 0.3 is 0 Å². The van der Waals surface area contributed by atoms with Gasteiger partial charge in [-0.05, 0) is 24.3 Å². The average molecular weight is 350 g/mol. The highest BCUT2D eigenvalue weighted by atomic mass is 35.5. The third kappa shape index (κ3) is 3.76. The van der Waals surface area contributed by atoms with Crippen molar-refractivity contribution in [1.82, 2.24) is 14.7 Å². The van der Waals surface area contributed by atoms with Gasteiger partial charge in [0, 0.05) is 62.7 Å². The number of amides is 3. The summed E-state index contributed by atoms with van der Waals surface area (Å²) in [6.45, 7) is 3.89. The van der Waals surface area contributed by atoms with Crippen molar-refractivity contribution in [1.29, 1.82) is 0 Å². The third-order valence-corrected chi connectivity index (χ3v) is 4.80. The van der Waals surface area contributed by atoms with Crippen LogP contribution in [0.4, 0.5) is 0 Å². The first-order valence-corrected chi connectivity index (χ1v) is 8.53. The van der Waals surface area contributed by atoms with E-state index in [9.17, 15) is 14.4 Å². The lowest BCUT2D eigenvalue weighted by Crippen LogP contribution is -2.50. The second-order valence-corrected chi connectivity index (χ2v) is 6.52. The summed E-state index contributed by atoms with van der Waals surface area (Å²) >= 11 is 5.85. The van der Waals surface area contributed by atoms with Crippen molar-refractivity contribution < 1.29 is 14.4 Å². The van der Waals surface area contributed by atoms with Crippen LogP contribution in [0.15, 0.2) is 24.3 Å². The average Bonchev–Trinajstić information content (AvgIpc) is 2.92. The van der Waals surface area contributed by atoms with Gasteiger partial charge in [-0.25, -0.2) is 0 Å². The van der Waals surface area contributed by atoms with Crippen LogP contribution in [0.25, 0.3) is 0 Å². The molecule has 2 heterocycles. The third-order valence-electron chi connectivity index (χ3n) is 4.55. The quantitative estimate of drug-likeness (QED) is 0.767. The molecule has 2 aliphatic rings. The lowest BCUT2D eigenvalue weighted by atomic mass is 10.2. The first-order chi connectivity index (χ1) is 11.5. The van der Waals surface area contributed by atoms with E-state index < -0.39 is 0 Å². The number of rotatable bonds is 4. The van der Waals surface area contributed by atoms with Crippen LogP contribution in [0.5, 0.6) is 0 Å². The first-order valence-electron chi connectivity index (χ1n) is 8.15. The molecule has 24 heavy (non-hydrogen) atoms. The maximum Gasteiger partial charge on any atom is 0.253 e. The largest absolute Gasteiger partial charge is 0.336 e. The van der Waals surface area contributed by atoms with E-state index in [1.165, 1.54) is 4.90 Å². The number of imide groups is 1. The van der Waals surface area contributed by atoms with Gasteiger partial charge in [0.2, 0.25) is 11.8 Å². The van der Waals surface area contributed by atoms with Gasteiger partial charge in [0.15, 0.2) is 0 Å². The van der Waals surface area contributed by atoms with Crippen LogP contribution in [0, 0.1) is 0 Å². The molecule has 2 saturated heterocycles. The summed E-state index contributed by atoms with van der Waals surface area (Å²) in [6.07, 6.45) is 0.671. The molecule has 3 amide bonds. The molecule has 6 nitrogen and oxygen atoms in total. The fraction of sp³-hybridized carbons (Fsp3) is 0.471. The van der Waals surface area contributed by atoms with Gasteiger partial charge in [0.1, 0.15) is 0 Å². The Labute approximate surface area is 146 Å². The summed E-state index contributed by atoms with van der Waals surface area (Å²) in [6, 6.07) is 6.91. The summed E-state index contributed by atoms with van der Waals surface area (Å²) in [4.78, 5) is 41.0. The summed E-state index contributed by atoms with van der Waals surface area (Å²) < 4.78 is 0. The predicted molar refractivity (Wildman–Crippen MR) is 89.7 cm³/mol. The minimum absolute atomic E-state index is 0.0104. The molecular formula is C17H20ClN3O3. The van der Waals surface area contributed by atoms with Gasteiger partial charge in [-0.1, -0.05) is 11.6 Å². The number of hydrogen-bond donors (Lipinski definition) is 0. The van der Waals surface area contributed by atoms with Gasteiger partial charge in [0.25, 0.3) is 5.91 Å². The Morgan fingerprint density at radius 3 is 2.08 bits per heavy atom. The maximum absolute atomic E-state index is 12.4. The van der Waals surface area contributed by atoms with Crippen molar-refractivity contribution in [2.45, 2.75) is 12.8 Å². The number of halogens is 1. The molecule has 7 heteroatoms. The summed E-state index contributed by atoms with van der Waals surface area (Å²) in [7, 11) is 0. The van der Waals surface area contributed by atoms with E-state index in [-0.39, 0.29) is 17.7 Å². The first kappa shape index (κ1) is 16.9. The van der Waals surface area contributed by atoms with E-state index in [0.717, 1.165) is 13.1 Å². The minimum Gasteiger partial charge on any atom is -0.336 e. The van der Waals surface area contributed by atoms with E-state index in [1.807, 2.05) is 4.90 Å². The van der Waals surface area contributed by atoms with Crippen molar-refractivity contribution in [2.24, 2.45) is 0 Å². The van der Waals surface area contributed by atoms with Gasteiger partial charge in [-0.2, -0.15) is 0 Å². The Kier molecular flexibility index (Phi) is 5.16. The number of likely N-dealkylation sites (tertiary alicyclic amines) is 1. The fourth-order valence-corrected chi connectivity index (χ4v) is 3.19. The fourth-order valence-electron chi connectivity index (χ4n) is 3.06. The smallest absolute Gasteiger partial charge is 0.253 e. The SMILES string of the molecule is O=C(c1ccc(Cl)cc1)N1CCN(CCN2C(=O)CCC2=O)CC1. The van der Waals surface area contributed by atoms with E-state index in [2.05, 4.69) is 4.90 Å². The second-order valence-electron chi connectivity index (χ2n) is 6.08. The van der Waals surface area contributed by atoms with Crippen molar-refractivity contribution >= 4 is 29.3 Å². The number of carbonyl (C=O) groups excluding carboxylic acids is 3. The van der Waals surface area contributed by atoms with Crippen LogP contribution in [0.2, 0.25) is 5.02 Å². The monoisotopic (exact) mass is 349 g/mol. The Morgan fingerprint density at radius 1 is 0.917 bits per heavy atom. The van der Waals surface area contributed by atoms with Crippen molar-refractivity contribution in [3.63, 3.8) is 0 Å². The highest BCUT2D eigenvalue weighted by molar-refractivity contribution is 6.30. The standard InChI is InChI=1S/C17H20ClN3O3/c18-14-3-1-13(2-4-14)17(24)20-10-7-19(8-11-20)9-12-21-15(22)5-6-16(21)23/h1-4H,5-12H2. The molecule has 0 atom stereocenters. The van der Waals surface area contributed by atoms with Crippen LogP contribution in [-0.4, -0.2) is 71.7 Å². The molecule has 0 radical (unpaired) electrons. The van der Waals surface area contributed by atoms with Crippen LogP contribution >= 0.6 is 11.6 Å². The summed E-state index contributed by atoms with van der Waals surface area (Å²) in [5.41, 5.74) is 0.640. The molecule has 2 fully saturated rings. The van der Waals surface area contributed by atoms with Crippen LogP contribution in [0.1, 0.15) is 23.2 Å². The van der Waals surface area contributed by atoms with E-state index in [4.69, 9.17) is 11.6 Å². The number of carbonyl (C=O) groups is 3. The number of benzene rings is 1. The molecule has 0 spiro atoms. The molecular weight excluding hydrogens is 330 g/mol. The molecule has 3 rings (SSSR count). The summed E-state index contributed by atoms with van der Waals surface area (Å²) in [5.74, 6) is -0.135. The zero-order valence-corrected chi connectivity index (χ0v) is 14.2. The van der Waals surface area contributed by atoms with Crippen LogP contribution < -0.4 is 0 Å². The second kappa shape index (κ2) is 7.32. The van der Waals surface area contributed by atoms with Gasteiger partial charge < -0.3 is 4.90 Å². The Bertz CT molecular complexity index is 623. The molecule has 1 aromatic carbocycles. The van der Waals surface area contributed by atoms with Crippen LogP contribution in [-0.2, 0) is 9.59 Å². The van der Waals surface area contributed by atoms with Crippen molar-refractivity contribution in [3.05, 3.63) is 34.9 Å². The van der Waals surface area contributed by atoms with E-state index >= 15 is 0 Å². The zero-order chi connectivity index (χ0) is 17.1. The Balaban J connectivity index is 1.47. The molecule has 0 aliphatic carbocycles. The lowest BCUT2D eigenvalue weighted by molar-refractivity contribution is -0.138. The number of hydrogen-bond acceptors (Lipinski definition) is 4. The predicted octanol–water partition coefficient (Wildman–Crippen LogP) is 1.25. The summed E-state index contributed by atoms with van der Waals surface area (Å²) in [5, 5.41) is 0.613. The van der Waals surface area contributed by atoms with Crippen molar-refractivity contribution in [2.75, 3.05) is 39.3 Å². The highest BCUT2D eigenvalue weighted by Gasteiger charge is 2.29. The topological polar surface area (TPSA) is 60.9 Å². The van der Waals surface area contributed by atoms with Crippen molar-refractivity contribution in [3.8, 4) is 0 Å². The lowest BCUT2D eigenvalue weighted by Gasteiger charge is -2.35. The molecule has 128 valence electrons. The highest BCUT2D eigenvalue weighted by Crippen LogP contribution is 2.14. The zero-order valence-electron chi connectivity index (χ0n) is 13.4. The number of piperazine rings is 1. The molecule has 0 bridgehead atoms. The number of nitrogens with zero attached hydrogens (tertiary/aromatic N) is 3. The van der Waals surface area contributed by atoms with Gasteiger partial charge in [0.05, 0.1) is 0 Å². The Morgan fingerprint density at radius 2 is 1.50 bits per heavy atom. The molecule has 0 N–H and O–H groups in total. The van der Waals surface area contributed by atoms with Gasteiger partial charge in [-0.3, -0.25) is 24.2 Å². The normalized spacial score (nSPS) is 19.2. The van der Waals surface area contributed by atoms with Gasteiger partial charge in [-0.15, -0.1) is 0 Å². The molecule has 1 aromatic rings. The van der Waals surface area contributed by atoms with Crippen LogP contribution in [0.3, 0.4) is 0 Å². The maximum atomic E-state index is 12.4. The Hall–Kier alpha value is -1.92. The van der Waals surface area contributed by atoms with E-state index in [0.29, 0.717) is 49.6 Å².